The molecule has 0 radical (unpaired) electrons. The number of hydrogen-bond acceptors (Lipinski definition) is 5. The summed E-state index contributed by atoms with van der Waals surface area (Å²) in [5, 5.41) is 11.6. The number of esters is 1. The summed E-state index contributed by atoms with van der Waals surface area (Å²) in [7, 11) is 1.23. The van der Waals surface area contributed by atoms with E-state index in [-0.39, 0.29) is 12.3 Å². The minimum absolute atomic E-state index is 0.0244. The summed E-state index contributed by atoms with van der Waals surface area (Å²) in [5.41, 5.74) is 1.64. The number of ketones is 1. The van der Waals surface area contributed by atoms with Crippen LogP contribution in [0.25, 0.3) is 0 Å². The van der Waals surface area contributed by atoms with Gasteiger partial charge in [0.2, 0.25) is 0 Å². The van der Waals surface area contributed by atoms with Crippen LogP contribution in [0.1, 0.15) is 29.8 Å². The number of aliphatic hydroxyl groups is 1. The Morgan fingerprint density at radius 3 is 2.25 bits per heavy atom. The van der Waals surface area contributed by atoms with Gasteiger partial charge in [-0.3, -0.25) is 14.9 Å². The van der Waals surface area contributed by atoms with Gasteiger partial charge in [-0.2, -0.15) is 0 Å². The molecule has 1 atom stereocenters. The Morgan fingerprint density at radius 1 is 1.25 bits per heavy atom. The van der Waals surface area contributed by atoms with Gasteiger partial charge in [-0.25, -0.2) is 0 Å². The second-order valence-electron chi connectivity index (χ2n) is 3.93. The molecule has 0 aromatic heterocycles. The number of nitrogens with one attached hydrogen (secondary N) is 1. The molecule has 0 saturated heterocycles. The van der Waals surface area contributed by atoms with E-state index in [4.69, 9.17) is 5.11 Å². The molecule has 0 aliphatic heterocycles. The highest BCUT2D eigenvalue weighted by Crippen LogP contribution is 2.03. The average molecular weight is 281 g/mol. The smallest absolute Gasteiger partial charge is 0.325 e. The predicted octanol–water partition coefficient (Wildman–Crippen LogP) is 1.33. The molecule has 0 bridgehead atoms. The van der Waals surface area contributed by atoms with Crippen LogP contribution in [0.2, 0.25) is 0 Å². The number of benzene rings is 1. The number of ether oxygens (including phenoxy) is 1. The molecule has 1 aromatic carbocycles. The van der Waals surface area contributed by atoms with Crippen molar-refractivity contribution in [2.24, 2.45) is 0 Å². The lowest BCUT2D eigenvalue weighted by Gasteiger charge is -2.13. The fraction of sp³-hybridized carbons (Fsp3) is 0.467. The van der Waals surface area contributed by atoms with Crippen LogP contribution in [-0.4, -0.2) is 43.2 Å². The van der Waals surface area contributed by atoms with Crippen LogP contribution in [-0.2, 0) is 9.53 Å². The number of aliphatic hydroxyl groups excluding tert-OH is 1. The summed E-state index contributed by atoms with van der Waals surface area (Å²) in [5.74, 6) is -0.730. The third-order valence-corrected chi connectivity index (χ3v) is 2.55. The molecule has 1 aromatic rings. The first-order valence-electron chi connectivity index (χ1n) is 6.60. The topological polar surface area (TPSA) is 75.6 Å². The largest absolute Gasteiger partial charge is 0.468 e. The minimum Gasteiger partial charge on any atom is -0.468 e. The third-order valence-electron chi connectivity index (χ3n) is 2.55. The van der Waals surface area contributed by atoms with E-state index in [0.717, 1.165) is 5.56 Å². The van der Waals surface area contributed by atoms with Crippen molar-refractivity contribution in [3.8, 4) is 0 Å². The van der Waals surface area contributed by atoms with Gasteiger partial charge >= 0.3 is 5.97 Å². The van der Waals surface area contributed by atoms with Crippen LogP contribution >= 0.6 is 0 Å². The van der Waals surface area contributed by atoms with E-state index >= 15 is 0 Å². The van der Waals surface area contributed by atoms with Gasteiger partial charge in [0.15, 0.2) is 5.78 Å². The highest BCUT2D eigenvalue weighted by Gasteiger charge is 2.18. The van der Waals surface area contributed by atoms with Crippen molar-refractivity contribution in [1.29, 1.82) is 0 Å². The van der Waals surface area contributed by atoms with Gasteiger partial charge in [0, 0.05) is 5.56 Å². The van der Waals surface area contributed by atoms with Crippen LogP contribution in [0.15, 0.2) is 24.3 Å². The van der Waals surface area contributed by atoms with Crippen molar-refractivity contribution in [2.75, 3.05) is 20.3 Å². The molecule has 0 fully saturated rings. The molecule has 0 aliphatic carbocycles. The van der Waals surface area contributed by atoms with E-state index in [9.17, 15) is 9.59 Å². The summed E-state index contributed by atoms with van der Waals surface area (Å²) in [6, 6.07) is 6.27. The summed E-state index contributed by atoms with van der Waals surface area (Å²) < 4.78 is 4.48. The fourth-order valence-electron chi connectivity index (χ4n) is 1.42. The normalized spacial score (nSPS) is 11.1. The van der Waals surface area contributed by atoms with Crippen molar-refractivity contribution in [3.63, 3.8) is 0 Å². The summed E-state index contributed by atoms with van der Waals surface area (Å²) in [6.45, 7) is 5.50. The van der Waals surface area contributed by atoms with Gasteiger partial charge in [0.1, 0.15) is 6.04 Å². The van der Waals surface area contributed by atoms with Crippen LogP contribution in [0.5, 0.6) is 0 Å². The van der Waals surface area contributed by atoms with Crippen molar-refractivity contribution in [2.45, 2.75) is 26.8 Å². The van der Waals surface area contributed by atoms with E-state index in [1.165, 1.54) is 7.11 Å². The SMILES string of the molecule is CC.COC(=O)C(CO)NCC(=O)c1ccc(C)cc1. The molecule has 0 saturated carbocycles. The molecule has 0 amide bonds. The molecule has 1 unspecified atom stereocenters. The first kappa shape index (κ1) is 18.3. The number of Topliss-reactive ketones (excluding diaryl/α,β-unsaturated/α-hetero) is 1. The Hall–Kier alpha value is -1.72. The van der Waals surface area contributed by atoms with E-state index in [1.807, 2.05) is 32.9 Å². The van der Waals surface area contributed by atoms with Gasteiger partial charge in [0.25, 0.3) is 0 Å². The number of hydrogen-bond donors (Lipinski definition) is 2. The summed E-state index contributed by atoms with van der Waals surface area (Å²) in [4.78, 5) is 23.0. The van der Waals surface area contributed by atoms with E-state index in [0.29, 0.717) is 5.56 Å². The van der Waals surface area contributed by atoms with Crippen LogP contribution in [0, 0.1) is 6.92 Å². The Balaban J connectivity index is 0.00000172. The molecule has 112 valence electrons. The molecule has 20 heavy (non-hydrogen) atoms. The number of carbonyl (C=O) groups excluding carboxylic acids is 2. The molecule has 5 heteroatoms. The van der Waals surface area contributed by atoms with E-state index in [1.54, 1.807) is 12.1 Å². The molecule has 2 N–H and O–H groups in total. The maximum absolute atomic E-state index is 11.8. The number of aryl methyl sites for hydroxylation is 1. The maximum Gasteiger partial charge on any atom is 0.325 e. The second kappa shape index (κ2) is 10.1. The zero-order chi connectivity index (χ0) is 15.5. The van der Waals surface area contributed by atoms with Gasteiger partial charge in [-0.15, -0.1) is 0 Å². The van der Waals surface area contributed by atoms with Crippen molar-refractivity contribution < 1.29 is 19.4 Å². The Kier molecular flexibility index (Phi) is 9.24. The van der Waals surface area contributed by atoms with Crippen LogP contribution in [0.3, 0.4) is 0 Å². The minimum atomic E-state index is -0.871. The quantitative estimate of drug-likeness (QED) is 0.607. The highest BCUT2D eigenvalue weighted by atomic mass is 16.5. The van der Waals surface area contributed by atoms with Crippen LogP contribution < -0.4 is 5.32 Å². The number of methoxy groups -OCH3 is 1. The van der Waals surface area contributed by atoms with Crippen LogP contribution in [0.4, 0.5) is 0 Å². The molecular formula is C15H23NO4. The van der Waals surface area contributed by atoms with Gasteiger partial charge in [-0.05, 0) is 6.92 Å². The van der Waals surface area contributed by atoms with Crippen molar-refractivity contribution in [3.05, 3.63) is 35.4 Å². The first-order chi connectivity index (χ1) is 9.58. The molecule has 1 rings (SSSR count). The molecular weight excluding hydrogens is 258 g/mol. The fourth-order valence-corrected chi connectivity index (χ4v) is 1.42. The lowest BCUT2D eigenvalue weighted by atomic mass is 10.1. The molecule has 5 nitrogen and oxygen atoms in total. The Bertz CT molecular complexity index is 414. The lowest BCUT2D eigenvalue weighted by Crippen LogP contribution is -2.43. The Morgan fingerprint density at radius 2 is 1.80 bits per heavy atom. The zero-order valence-corrected chi connectivity index (χ0v) is 12.5. The average Bonchev–Trinajstić information content (AvgIpc) is 2.50. The first-order valence-corrected chi connectivity index (χ1v) is 6.60. The second-order valence-corrected chi connectivity index (χ2v) is 3.93. The summed E-state index contributed by atoms with van der Waals surface area (Å²) >= 11 is 0. The standard InChI is InChI=1S/C13H17NO4.C2H6/c1-9-3-5-10(6-4-9)12(16)7-14-11(8-15)13(17)18-2;1-2/h3-6,11,14-15H,7-8H2,1-2H3;1-2H3. The monoisotopic (exact) mass is 281 g/mol. The van der Waals surface area contributed by atoms with E-state index < -0.39 is 18.6 Å². The van der Waals surface area contributed by atoms with Crippen molar-refractivity contribution >= 4 is 11.8 Å². The molecule has 0 spiro atoms. The molecule has 0 aliphatic rings. The lowest BCUT2D eigenvalue weighted by molar-refractivity contribution is -0.144. The third kappa shape index (κ3) is 5.95. The Labute approximate surface area is 120 Å². The predicted molar refractivity (Wildman–Crippen MR) is 77.8 cm³/mol. The van der Waals surface area contributed by atoms with E-state index in [2.05, 4.69) is 10.1 Å². The van der Waals surface area contributed by atoms with Gasteiger partial charge in [0.05, 0.1) is 20.3 Å². The van der Waals surface area contributed by atoms with Gasteiger partial charge in [-0.1, -0.05) is 43.7 Å². The summed E-state index contributed by atoms with van der Waals surface area (Å²) in [6.07, 6.45) is 0. The highest BCUT2D eigenvalue weighted by molar-refractivity contribution is 5.97. The number of rotatable bonds is 6. The zero-order valence-electron chi connectivity index (χ0n) is 12.5. The van der Waals surface area contributed by atoms with Gasteiger partial charge < -0.3 is 9.84 Å². The maximum atomic E-state index is 11.8. The molecule has 0 heterocycles. The number of carbonyl (C=O) groups is 2. The van der Waals surface area contributed by atoms with Crippen molar-refractivity contribution in [1.82, 2.24) is 5.32 Å².